The monoisotopic (exact) mass is 209 g/mol. The lowest BCUT2D eigenvalue weighted by molar-refractivity contribution is 0.401. The highest BCUT2D eigenvalue weighted by atomic mass is 32.1. The largest absolute Gasteiger partial charge is 0.303 e. The fourth-order valence-electron chi connectivity index (χ4n) is 1.23. The maximum absolute atomic E-state index is 8.90. The lowest BCUT2D eigenvalue weighted by Gasteiger charge is -2.04. The Kier molecular flexibility index (Phi) is 4.05. The summed E-state index contributed by atoms with van der Waals surface area (Å²) in [6.07, 6.45) is 1.95. The number of rotatable bonds is 4. The fourth-order valence-corrected chi connectivity index (χ4v) is 2.26. The van der Waals surface area contributed by atoms with Gasteiger partial charge in [-0.2, -0.15) is 5.26 Å². The van der Waals surface area contributed by atoms with Crippen molar-refractivity contribution in [2.45, 2.75) is 26.3 Å². The van der Waals surface area contributed by atoms with Crippen molar-refractivity contribution in [3.05, 3.63) is 15.6 Å². The Bertz CT molecular complexity index is 336. The molecule has 0 N–H and O–H groups in total. The third kappa shape index (κ3) is 2.79. The van der Waals surface area contributed by atoms with E-state index in [1.165, 1.54) is 11.3 Å². The van der Waals surface area contributed by atoms with Gasteiger partial charge in [0, 0.05) is 6.54 Å². The summed E-state index contributed by atoms with van der Waals surface area (Å²) >= 11 is 1.51. The Morgan fingerprint density at radius 2 is 2.21 bits per heavy atom. The molecule has 14 heavy (non-hydrogen) atoms. The predicted octanol–water partition coefficient (Wildman–Crippen LogP) is 2.03. The summed E-state index contributed by atoms with van der Waals surface area (Å²) in [5, 5.41) is 9.94. The van der Waals surface area contributed by atoms with Gasteiger partial charge in [0.15, 0.2) is 0 Å². The zero-order valence-electron chi connectivity index (χ0n) is 8.87. The van der Waals surface area contributed by atoms with E-state index in [0.717, 1.165) is 35.0 Å². The molecule has 1 aromatic rings. The summed E-state index contributed by atoms with van der Waals surface area (Å²) < 4.78 is 0. The highest BCUT2D eigenvalue weighted by Gasteiger charge is 2.10. The van der Waals surface area contributed by atoms with Crippen LogP contribution in [0.4, 0.5) is 0 Å². The van der Waals surface area contributed by atoms with Crippen molar-refractivity contribution < 1.29 is 0 Å². The Morgan fingerprint density at radius 1 is 1.50 bits per heavy atom. The van der Waals surface area contributed by atoms with E-state index in [4.69, 9.17) is 5.26 Å². The number of aryl methyl sites for hydroxylation is 1. The van der Waals surface area contributed by atoms with Crippen LogP contribution in [0.25, 0.3) is 0 Å². The molecule has 0 bridgehead atoms. The first kappa shape index (κ1) is 11.2. The summed E-state index contributed by atoms with van der Waals surface area (Å²) in [5.74, 6) is 0. The van der Waals surface area contributed by atoms with E-state index >= 15 is 0 Å². The smallest absolute Gasteiger partial charge is 0.128 e. The van der Waals surface area contributed by atoms with Crippen LogP contribution in [-0.4, -0.2) is 24.0 Å². The van der Waals surface area contributed by atoms with Gasteiger partial charge < -0.3 is 4.90 Å². The molecule has 0 aliphatic rings. The van der Waals surface area contributed by atoms with Gasteiger partial charge in [0.05, 0.1) is 5.69 Å². The molecular weight excluding hydrogens is 194 g/mol. The van der Waals surface area contributed by atoms with E-state index < -0.39 is 0 Å². The molecule has 0 aliphatic heterocycles. The summed E-state index contributed by atoms with van der Waals surface area (Å²) in [5.41, 5.74) is 0.969. The molecule has 1 rings (SSSR count). The minimum Gasteiger partial charge on any atom is -0.303 e. The predicted molar refractivity (Wildman–Crippen MR) is 58.2 cm³/mol. The van der Waals surface area contributed by atoms with Crippen molar-refractivity contribution in [1.29, 1.82) is 5.26 Å². The van der Waals surface area contributed by atoms with Crippen molar-refractivity contribution in [1.82, 2.24) is 9.88 Å². The van der Waals surface area contributed by atoms with Gasteiger partial charge >= 0.3 is 0 Å². The van der Waals surface area contributed by atoms with Gasteiger partial charge in [-0.3, -0.25) is 0 Å². The summed E-state index contributed by atoms with van der Waals surface area (Å²) in [4.78, 5) is 7.31. The number of nitrogens with zero attached hydrogens (tertiary/aromatic N) is 3. The summed E-state index contributed by atoms with van der Waals surface area (Å²) in [6.45, 7) is 2.93. The lowest BCUT2D eigenvalue weighted by atomic mass is 10.2. The van der Waals surface area contributed by atoms with Crippen molar-refractivity contribution in [2.75, 3.05) is 14.1 Å². The zero-order valence-corrected chi connectivity index (χ0v) is 9.69. The molecule has 4 heteroatoms. The maximum Gasteiger partial charge on any atom is 0.128 e. The molecule has 0 unspecified atom stereocenters. The molecular formula is C10H15N3S. The van der Waals surface area contributed by atoms with E-state index in [1.54, 1.807) is 0 Å². The third-order valence-electron chi connectivity index (χ3n) is 1.78. The Balaban J connectivity index is 2.84. The topological polar surface area (TPSA) is 39.9 Å². The second-order valence-electron chi connectivity index (χ2n) is 3.48. The Morgan fingerprint density at radius 3 is 2.71 bits per heavy atom. The van der Waals surface area contributed by atoms with Crippen LogP contribution in [0.3, 0.4) is 0 Å². The van der Waals surface area contributed by atoms with Crippen LogP contribution in [0, 0.1) is 11.3 Å². The molecule has 0 saturated carbocycles. The average Bonchev–Trinajstić information content (AvgIpc) is 2.47. The molecule has 0 saturated heterocycles. The average molecular weight is 209 g/mol. The number of hydrogen-bond donors (Lipinski definition) is 0. The van der Waals surface area contributed by atoms with Crippen LogP contribution in [0.15, 0.2) is 0 Å². The molecule has 0 fully saturated rings. The van der Waals surface area contributed by atoms with Crippen LogP contribution in [-0.2, 0) is 13.0 Å². The van der Waals surface area contributed by atoms with Crippen LogP contribution in [0.5, 0.6) is 0 Å². The Hall–Kier alpha value is -0.920. The standard InChI is InChI=1S/C10H15N3S/c1-4-5-8-9(6-11)14-10(12-8)7-13(2)3/h4-5,7H2,1-3H3. The molecule has 1 heterocycles. The number of aromatic nitrogens is 1. The minimum absolute atomic E-state index is 0.781. The Labute approximate surface area is 89.0 Å². The summed E-state index contributed by atoms with van der Waals surface area (Å²) in [7, 11) is 4.01. The van der Waals surface area contributed by atoms with Gasteiger partial charge in [-0.25, -0.2) is 4.98 Å². The third-order valence-corrected chi connectivity index (χ3v) is 2.77. The first-order chi connectivity index (χ1) is 6.67. The van der Waals surface area contributed by atoms with Crippen molar-refractivity contribution in [3.8, 4) is 6.07 Å². The molecule has 76 valence electrons. The van der Waals surface area contributed by atoms with Gasteiger partial charge in [0.25, 0.3) is 0 Å². The number of thiazole rings is 1. The van der Waals surface area contributed by atoms with E-state index in [-0.39, 0.29) is 0 Å². The van der Waals surface area contributed by atoms with Crippen LogP contribution < -0.4 is 0 Å². The van der Waals surface area contributed by atoms with Crippen molar-refractivity contribution in [2.24, 2.45) is 0 Å². The van der Waals surface area contributed by atoms with Crippen molar-refractivity contribution >= 4 is 11.3 Å². The molecule has 1 aromatic heterocycles. The molecule has 0 aromatic carbocycles. The van der Waals surface area contributed by atoms with Crippen molar-refractivity contribution in [3.63, 3.8) is 0 Å². The highest BCUT2D eigenvalue weighted by molar-refractivity contribution is 7.12. The van der Waals surface area contributed by atoms with E-state index in [2.05, 4.69) is 22.9 Å². The van der Waals surface area contributed by atoms with Gasteiger partial charge in [-0.05, 0) is 20.5 Å². The van der Waals surface area contributed by atoms with E-state index in [1.807, 2.05) is 14.1 Å². The van der Waals surface area contributed by atoms with Crippen LogP contribution in [0.2, 0.25) is 0 Å². The van der Waals surface area contributed by atoms with E-state index in [9.17, 15) is 0 Å². The molecule has 0 spiro atoms. The van der Waals surface area contributed by atoms with Gasteiger partial charge in [0.2, 0.25) is 0 Å². The molecule has 3 nitrogen and oxygen atoms in total. The second-order valence-corrected chi connectivity index (χ2v) is 4.57. The SMILES string of the molecule is CCCc1nc(CN(C)C)sc1C#N. The molecule has 0 aliphatic carbocycles. The van der Waals surface area contributed by atoms with Gasteiger partial charge in [-0.15, -0.1) is 11.3 Å². The highest BCUT2D eigenvalue weighted by Crippen LogP contribution is 2.19. The normalized spacial score (nSPS) is 10.5. The lowest BCUT2D eigenvalue weighted by Crippen LogP contribution is -2.10. The first-order valence-electron chi connectivity index (χ1n) is 4.70. The fraction of sp³-hybridized carbons (Fsp3) is 0.600. The van der Waals surface area contributed by atoms with Gasteiger partial charge in [-0.1, -0.05) is 13.3 Å². The second kappa shape index (κ2) is 5.08. The van der Waals surface area contributed by atoms with Crippen LogP contribution in [0.1, 0.15) is 28.9 Å². The quantitative estimate of drug-likeness (QED) is 0.761. The minimum atomic E-state index is 0.781. The zero-order chi connectivity index (χ0) is 10.6. The van der Waals surface area contributed by atoms with Crippen LogP contribution >= 0.6 is 11.3 Å². The number of hydrogen-bond acceptors (Lipinski definition) is 4. The molecule has 0 amide bonds. The summed E-state index contributed by atoms with van der Waals surface area (Å²) in [6, 6.07) is 2.21. The van der Waals surface area contributed by atoms with E-state index in [0.29, 0.717) is 0 Å². The molecule has 0 atom stereocenters. The van der Waals surface area contributed by atoms with Gasteiger partial charge in [0.1, 0.15) is 16.0 Å². The molecule has 0 radical (unpaired) electrons. The first-order valence-corrected chi connectivity index (χ1v) is 5.52. The maximum atomic E-state index is 8.90. The number of nitriles is 1.